The van der Waals surface area contributed by atoms with Crippen molar-refractivity contribution in [2.24, 2.45) is 0 Å². The Bertz CT molecular complexity index is 850. The SMILES string of the molecule is COC(=O)C1=CC(c2cc(O)c3ccccc3c2O)CCCC1=O. The molecule has 5 heteroatoms. The van der Waals surface area contributed by atoms with E-state index in [9.17, 15) is 19.8 Å². The number of allylic oxidation sites excluding steroid dienone is 1. The van der Waals surface area contributed by atoms with Gasteiger partial charge < -0.3 is 14.9 Å². The lowest BCUT2D eigenvalue weighted by Crippen LogP contribution is -2.13. The smallest absolute Gasteiger partial charge is 0.341 e. The fourth-order valence-electron chi connectivity index (χ4n) is 3.18. The van der Waals surface area contributed by atoms with Crippen molar-refractivity contribution in [3.63, 3.8) is 0 Å². The summed E-state index contributed by atoms with van der Waals surface area (Å²) in [6.07, 6.45) is 2.99. The quantitative estimate of drug-likeness (QED) is 0.503. The lowest BCUT2D eigenvalue weighted by Gasteiger charge is -2.16. The number of methoxy groups -OCH3 is 1. The van der Waals surface area contributed by atoms with Gasteiger partial charge in [-0.05, 0) is 18.9 Å². The molecule has 0 heterocycles. The van der Waals surface area contributed by atoms with E-state index in [4.69, 9.17) is 0 Å². The number of benzene rings is 2. The number of phenolic OH excluding ortho intramolecular Hbond substituents is 2. The molecule has 5 nitrogen and oxygen atoms in total. The minimum atomic E-state index is -0.670. The van der Waals surface area contributed by atoms with Crippen molar-refractivity contribution in [3.8, 4) is 11.5 Å². The number of ether oxygens (including phenoxy) is 1. The van der Waals surface area contributed by atoms with Gasteiger partial charge in [-0.2, -0.15) is 0 Å². The summed E-state index contributed by atoms with van der Waals surface area (Å²) >= 11 is 0. The third kappa shape index (κ3) is 2.73. The number of aromatic hydroxyl groups is 2. The van der Waals surface area contributed by atoms with Gasteiger partial charge in [0.15, 0.2) is 5.78 Å². The molecular weight excluding hydrogens is 308 g/mol. The molecule has 3 rings (SSSR count). The maximum absolute atomic E-state index is 12.1. The van der Waals surface area contributed by atoms with E-state index in [1.807, 2.05) is 0 Å². The molecule has 1 aliphatic carbocycles. The van der Waals surface area contributed by atoms with Gasteiger partial charge in [-0.15, -0.1) is 0 Å². The maximum Gasteiger partial charge on any atom is 0.341 e. The summed E-state index contributed by atoms with van der Waals surface area (Å²) in [7, 11) is 1.23. The first-order valence-corrected chi connectivity index (χ1v) is 7.80. The Morgan fingerprint density at radius 1 is 1.21 bits per heavy atom. The standard InChI is InChI=1S/C19H18O5/c1-24-19(23)15-9-11(5-4-8-16(15)20)14-10-17(21)12-6-2-3-7-13(12)18(14)22/h2-3,6-7,9-11,21-22H,4-5,8H2,1H3. The number of ketones is 1. The van der Waals surface area contributed by atoms with Gasteiger partial charge in [-0.25, -0.2) is 4.79 Å². The zero-order chi connectivity index (χ0) is 17.3. The topological polar surface area (TPSA) is 83.8 Å². The van der Waals surface area contributed by atoms with Crippen LogP contribution >= 0.6 is 0 Å². The van der Waals surface area contributed by atoms with Crippen LogP contribution in [0.2, 0.25) is 0 Å². The van der Waals surface area contributed by atoms with Crippen LogP contribution in [-0.2, 0) is 14.3 Å². The highest BCUT2D eigenvalue weighted by molar-refractivity contribution is 6.17. The van der Waals surface area contributed by atoms with Gasteiger partial charge >= 0.3 is 5.97 Å². The van der Waals surface area contributed by atoms with Crippen molar-refractivity contribution in [2.75, 3.05) is 7.11 Å². The van der Waals surface area contributed by atoms with Crippen molar-refractivity contribution in [1.82, 2.24) is 0 Å². The Morgan fingerprint density at radius 3 is 2.62 bits per heavy atom. The zero-order valence-corrected chi connectivity index (χ0v) is 13.3. The Labute approximate surface area is 139 Å². The van der Waals surface area contributed by atoms with E-state index < -0.39 is 5.97 Å². The van der Waals surface area contributed by atoms with Crippen LogP contribution in [0, 0.1) is 0 Å². The number of hydrogen-bond donors (Lipinski definition) is 2. The second-order valence-corrected chi connectivity index (χ2v) is 5.87. The van der Waals surface area contributed by atoms with Crippen LogP contribution in [0.3, 0.4) is 0 Å². The fourth-order valence-corrected chi connectivity index (χ4v) is 3.18. The van der Waals surface area contributed by atoms with Crippen LogP contribution in [-0.4, -0.2) is 29.1 Å². The van der Waals surface area contributed by atoms with Gasteiger partial charge in [-0.1, -0.05) is 30.3 Å². The van der Waals surface area contributed by atoms with Gasteiger partial charge in [-0.3, -0.25) is 4.79 Å². The van der Waals surface area contributed by atoms with E-state index in [1.54, 1.807) is 30.3 Å². The lowest BCUT2D eigenvalue weighted by atomic mass is 9.90. The molecule has 0 fully saturated rings. The van der Waals surface area contributed by atoms with E-state index in [-0.39, 0.29) is 35.2 Å². The van der Waals surface area contributed by atoms with Crippen LogP contribution < -0.4 is 0 Å². The van der Waals surface area contributed by atoms with Gasteiger partial charge in [0, 0.05) is 28.7 Å². The second-order valence-electron chi connectivity index (χ2n) is 5.87. The summed E-state index contributed by atoms with van der Waals surface area (Å²) in [5, 5.41) is 22.0. The molecule has 2 aromatic carbocycles. The van der Waals surface area contributed by atoms with E-state index in [2.05, 4.69) is 4.74 Å². The first-order valence-electron chi connectivity index (χ1n) is 7.80. The molecule has 0 saturated carbocycles. The van der Waals surface area contributed by atoms with Gasteiger partial charge in [0.05, 0.1) is 12.7 Å². The minimum Gasteiger partial charge on any atom is -0.507 e. The van der Waals surface area contributed by atoms with Crippen LogP contribution in [0.1, 0.15) is 30.7 Å². The number of carbonyl (C=O) groups is 2. The summed E-state index contributed by atoms with van der Waals surface area (Å²) < 4.78 is 4.68. The predicted octanol–water partition coefficient (Wildman–Crippen LogP) is 3.19. The molecule has 0 radical (unpaired) electrons. The highest BCUT2D eigenvalue weighted by atomic mass is 16.5. The summed E-state index contributed by atoms with van der Waals surface area (Å²) in [6.45, 7) is 0. The van der Waals surface area contributed by atoms with Crippen LogP contribution in [0.4, 0.5) is 0 Å². The Balaban J connectivity index is 2.15. The molecular formula is C19H18O5. The summed E-state index contributed by atoms with van der Waals surface area (Å²) in [4.78, 5) is 23.9. The molecule has 1 aliphatic rings. The molecule has 0 saturated heterocycles. The molecule has 0 spiro atoms. The molecule has 24 heavy (non-hydrogen) atoms. The summed E-state index contributed by atoms with van der Waals surface area (Å²) in [5.74, 6) is -1.16. The number of rotatable bonds is 2. The van der Waals surface area contributed by atoms with Crippen LogP contribution in [0.15, 0.2) is 42.0 Å². The molecule has 0 bridgehead atoms. The number of hydrogen-bond acceptors (Lipinski definition) is 5. The first kappa shape index (κ1) is 16.1. The molecule has 1 unspecified atom stereocenters. The molecule has 2 aromatic rings. The number of phenols is 2. The van der Waals surface area contributed by atoms with E-state index in [0.29, 0.717) is 29.2 Å². The monoisotopic (exact) mass is 326 g/mol. The lowest BCUT2D eigenvalue weighted by molar-refractivity contribution is -0.137. The maximum atomic E-state index is 12.1. The Morgan fingerprint density at radius 2 is 1.92 bits per heavy atom. The molecule has 2 N–H and O–H groups in total. The van der Waals surface area contributed by atoms with Crippen LogP contribution in [0.5, 0.6) is 11.5 Å². The summed E-state index contributed by atoms with van der Waals surface area (Å²) in [6, 6.07) is 8.50. The summed E-state index contributed by atoms with van der Waals surface area (Å²) in [5.41, 5.74) is 0.509. The van der Waals surface area contributed by atoms with Crippen molar-refractivity contribution < 1.29 is 24.5 Å². The first-order chi connectivity index (χ1) is 11.5. The third-order valence-electron chi connectivity index (χ3n) is 4.42. The Hall–Kier alpha value is -2.82. The molecule has 1 atom stereocenters. The number of carbonyl (C=O) groups excluding carboxylic acids is 2. The average Bonchev–Trinajstić information content (AvgIpc) is 2.79. The van der Waals surface area contributed by atoms with E-state index in [0.717, 1.165) is 0 Å². The predicted molar refractivity (Wildman–Crippen MR) is 89.0 cm³/mol. The fraction of sp³-hybridized carbons (Fsp3) is 0.263. The molecule has 0 aromatic heterocycles. The highest BCUT2D eigenvalue weighted by Crippen LogP contribution is 2.41. The third-order valence-corrected chi connectivity index (χ3v) is 4.42. The Kier molecular flexibility index (Phi) is 4.25. The van der Waals surface area contributed by atoms with Crippen molar-refractivity contribution in [1.29, 1.82) is 0 Å². The minimum absolute atomic E-state index is 0.00653. The number of Topliss-reactive ketones (excluding diaryl/α,β-unsaturated/α-hetero) is 1. The normalized spacial score (nSPS) is 18.1. The second kappa shape index (κ2) is 6.35. The van der Waals surface area contributed by atoms with Crippen molar-refractivity contribution in [3.05, 3.63) is 47.5 Å². The number of fused-ring (bicyclic) bond motifs is 1. The van der Waals surface area contributed by atoms with Gasteiger partial charge in [0.25, 0.3) is 0 Å². The zero-order valence-electron chi connectivity index (χ0n) is 13.3. The van der Waals surface area contributed by atoms with Gasteiger partial charge in [0.1, 0.15) is 11.5 Å². The number of esters is 1. The molecule has 124 valence electrons. The van der Waals surface area contributed by atoms with Crippen molar-refractivity contribution >= 4 is 22.5 Å². The largest absolute Gasteiger partial charge is 0.507 e. The van der Waals surface area contributed by atoms with Gasteiger partial charge in [0.2, 0.25) is 0 Å². The molecule has 0 amide bonds. The van der Waals surface area contributed by atoms with E-state index >= 15 is 0 Å². The highest BCUT2D eigenvalue weighted by Gasteiger charge is 2.27. The van der Waals surface area contributed by atoms with Crippen LogP contribution in [0.25, 0.3) is 10.8 Å². The van der Waals surface area contributed by atoms with Crippen molar-refractivity contribution in [2.45, 2.75) is 25.2 Å². The van der Waals surface area contributed by atoms with E-state index in [1.165, 1.54) is 13.2 Å². The molecule has 0 aliphatic heterocycles. The average molecular weight is 326 g/mol.